The zero-order chi connectivity index (χ0) is 18.1. The maximum absolute atomic E-state index is 12.7. The summed E-state index contributed by atoms with van der Waals surface area (Å²) in [5, 5.41) is 10.3. The molecule has 1 fully saturated rings. The first-order valence-corrected chi connectivity index (χ1v) is 9.37. The van der Waals surface area contributed by atoms with Gasteiger partial charge in [0.25, 0.3) is 0 Å². The van der Waals surface area contributed by atoms with E-state index in [1.54, 1.807) is 18.2 Å². The van der Waals surface area contributed by atoms with E-state index in [1.165, 1.54) is 4.90 Å². The minimum absolute atomic E-state index is 0.154. The topological polar surface area (TPSA) is 60.2 Å². The van der Waals surface area contributed by atoms with Gasteiger partial charge in [0.2, 0.25) is 5.78 Å². The van der Waals surface area contributed by atoms with E-state index in [2.05, 4.69) is 15.9 Å². The molecule has 2 N–H and O–H groups in total. The molecule has 6 heteroatoms. The second-order valence-electron chi connectivity index (χ2n) is 6.47. The third-order valence-electron chi connectivity index (χ3n) is 4.69. The number of ketones is 1. The number of allylic oxidation sites excluding steroid dienone is 1. The molecule has 2 aromatic rings. The van der Waals surface area contributed by atoms with E-state index >= 15 is 0 Å². The molecule has 0 atom stereocenters. The molecule has 2 aromatic carbocycles. The molecule has 0 aromatic heterocycles. The van der Waals surface area contributed by atoms with Crippen LogP contribution in [-0.4, -0.2) is 37.2 Å². The Morgan fingerprint density at radius 2 is 2.00 bits per heavy atom. The van der Waals surface area contributed by atoms with Gasteiger partial charge in [0, 0.05) is 4.47 Å². The largest absolute Gasteiger partial charge is 0.507 e. The fourth-order valence-corrected chi connectivity index (χ4v) is 3.72. The summed E-state index contributed by atoms with van der Waals surface area (Å²) in [5.74, 6) is 0.773. The number of carbonyl (C=O) groups is 1. The van der Waals surface area contributed by atoms with E-state index in [1.807, 2.05) is 24.3 Å². The first-order valence-electron chi connectivity index (χ1n) is 8.58. The lowest BCUT2D eigenvalue weighted by atomic mass is 10.0. The zero-order valence-corrected chi connectivity index (χ0v) is 15.7. The van der Waals surface area contributed by atoms with Crippen molar-refractivity contribution in [2.45, 2.75) is 6.54 Å². The number of quaternary nitrogens is 1. The zero-order valence-electron chi connectivity index (χ0n) is 14.1. The summed E-state index contributed by atoms with van der Waals surface area (Å²) in [6.07, 6.45) is 1.73. The highest BCUT2D eigenvalue weighted by molar-refractivity contribution is 9.10. The summed E-state index contributed by atoms with van der Waals surface area (Å²) in [6, 6.07) is 10.9. The predicted molar refractivity (Wildman–Crippen MR) is 100 cm³/mol. The Labute approximate surface area is 160 Å². The minimum Gasteiger partial charge on any atom is -0.507 e. The van der Waals surface area contributed by atoms with E-state index in [4.69, 9.17) is 9.47 Å². The second kappa shape index (κ2) is 7.23. The molecule has 4 rings (SSSR count). The molecular formula is C20H19BrNO4+. The van der Waals surface area contributed by atoms with E-state index in [-0.39, 0.29) is 17.3 Å². The van der Waals surface area contributed by atoms with E-state index in [9.17, 15) is 9.90 Å². The Kier molecular flexibility index (Phi) is 4.80. The van der Waals surface area contributed by atoms with Crippen molar-refractivity contribution in [2.75, 3.05) is 26.3 Å². The van der Waals surface area contributed by atoms with Crippen LogP contribution in [0.4, 0.5) is 0 Å². The van der Waals surface area contributed by atoms with Gasteiger partial charge in [-0.25, -0.2) is 0 Å². The Morgan fingerprint density at radius 1 is 1.19 bits per heavy atom. The summed E-state index contributed by atoms with van der Waals surface area (Å²) in [6.45, 7) is 3.77. The Morgan fingerprint density at radius 3 is 2.77 bits per heavy atom. The number of carbonyl (C=O) groups excluding carboxylic acids is 1. The van der Waals surface area contributed by atoms with Crippen LogP contribution in [0.1, 0.15) is 21.5 Å². The fourth-order valence-electron chi connectivity index (χ4n) is 3.30. The molecule has 0 saturated carbocycles. The normalized spacial score (nSPS) is 18.8. The Bertz CT molecular complexity index is 887. The Balaban J connectivity index is 1.66. The monoisotopic (exact) mass is 416 g/mol. The summed E-state index contributed by atoms with van der Waals surface area (Å²) in [4.78, 5) is 14.0. The molecule has 0 radical (unpaired) electrons. The molecule has 134 valence electrons. The van der Waals surface area contributed by atoms with Gasteiger partial charge in [-0.2, -0.15) is 0 Å². The highest BCUT2D eigenvalue weighted by Gasteiger charge is 2.32. The number of Topliss-reactive ketones (excluding diaryl/α,β-unsaturated/α-hetero) is 1. The highest BCUT2D eigenvalue weighted by Crippen LogP contribution is 2.39. The molecule has 0 bridgehead atoms. The van der Waals surface area contributed by atoms with Crippen LogP contribution < -0.4 is 9.64 Å². The van der Waals surface area contributed by atoms with Gasteiger partial charge < -0.3 is 19.5 Å². The number of phenolic OH excluding ortho intramolecular Hbond substituents is 1. The lowest BCUT2D eigenvalue weighted by Gasteiger charge is -2.24. The van der Waals surface area contributed by atoms with Gasteiger partial charge in [-0.15, -0.1) is 0 Å². The number of fused-ring (bicyclic) bond motifs is 1. The average molecular weight is 417 g/mol. The summed E-state index contributed by atoms with van der Waals surface area (Å²) < 4.78 is 12.2. The first kappa shape index (κ1) is 17.3. The van der Waals surface area contributed by atoms with Gasteiger partial charge in [0.05, 0.1) is 24.3 Å². The van der Waals surface area contributed by atoms with Gasteiger partial charge in [-0.3, -0.25) is 4.79 Å². The SMILES string of the molecule is O=C1/C(=C/c2cccc(Br)c2)Oc2c1ccc(O)c2C[NH+]1CCOCC1. The number of halogens is 1. The standard InChI is InChI=1S/C20H18BrNO4/c21-14-3-1-2-13(10-14)11-18-19(24)15-4-5-17(23)16(20(15)26-18)12-22-6-8-25-9-7-22/h1-5,10-11,23H,6-9,12H2/p+1/b18-11-. The van der Waals surface area contributed by atoms with Gasteiger partial charge in [-0.1, -0.05) is 28.1 Å². The van der Waals surface area contributed by atoms with Crippen molar-refractivity contribution in [1.29, 1.82) is 0 Å². The lowest BCUT2D eigenvalue weighted by molar-refractivity contribution is -0.921. The van der Waals surface area contributed by atoms with Crippen LogP contribution >= 0.6 is 15.9 Å². The molecule has 0 aliphatic carbocycles. The number of benzene rings is 2. The highest BCUT2D eigenvalue weighted by atomic mass is 79.9. The predicted octanol–water partition coefficient (Wildman–Crippen LogP) is 2.19. The van der Waals surface area contributed by atoms with Crippen molar-refractivity contribution in [3.05, 3.63) is 63.3 Å². The van der Waals surface area contributed by atoms with Crippen molar-refractivity contribution in [2.24, 2.45) is 0 Å². The van der Waals surface area contributed by atoms with Gasteiger partial charge >= 0.3 is 0 Å². The number of morpholine rings is 1. The van der Waals surface area contributed by atoms with Gasteiger partial charge in [0.1, 0.15) is 25.4 Å². The number of rotatable bonds is 3. The second-order valence-corrected chi connectivity index (χ2v) is 7.39. The molecule has 26 heavy (non-hydrogen) atoms. The molecule has 5 nitrogen and oxygen atoms in total. The van der Waals surface area contributed by atoms with Crippen LogP contribution in [0.2, 0.25) is 0 Å². The van der Waals surface area contributed by atoms with Crippen molar-refractivity contribution in [3.63, 3.8) is 0 Å². The number of nitrogens with one attached hydrogen (secondary N) is 1. The third-order valence-corrected chi connectivity index (χ3v) is 5.18. The van der Waals surface area contributed by atoms with Crippen LogP contribution in [0.3, 0.4) is 0 Å². The lowest BCUT2D eigenvalue weighted by Crippen LogP contribution is -3.12. The molecule has 2 heterocycles. The molecule has 0 amide bonds. The van der Waals surface area contributed by atoms with Crippen LogP contribution in [0.25, 0.3) is 6.08 Å². The average Bonchev–Trinajstić information content (AvgIpc) is 2.95. The molecule has 2 aliphatic rings. The first-order chi connectivity index (χ1) is 12.6. The smallest absolute Gasteiger partial charge is 0.231 e. The Hall–Kier alpha value is -2.15. The molecule has 1 saturated heterocycles. The molecular weight excluding hydrogens is 398 g/mol. The molecule has 0 spiro atoms. The van der Waals surface area contributed by atoms with Crippen LogP contribution in [0.15, 0.2) is 46.6 Å². The number of phenols is 1. The molecule has 0 unspecified atom stereocenters. The van der Waals surface area contributed by atoms with Crippen molar-refractivity contribution >= 4 is 27.8 Å². The number of aromatic hydroxyl groups is 1. The maximum atomic E-state index is 12.7. The maximum Gasteiger partial charge on any atom is 0.231 e. The third kappa shape index (κ3) is 3.40. The summed E-state index contributed by atoms with van der Waals surface area (Å²) in [5.41, 5.74) is 2.07. The van der Waals surface area contributed by atoms with Gasteiger partial charge in [0.15, 0.2) is 11.5 Å². The summed E-state index contributed by atoms with van der Waals surface area (Å²) >= 11 is 3.43. The van der Waals surface area contributed by atoms with E-state index < -0.39 is 0 Å². The number of ether oxygens (including phenoxy) is 2. The van der Waals surface area contributed by atoms with E-state index in [0.717, 1.165) is 23.1 Å². The van der Waals surface area contributed by atoms with Crippen LogP contribution in [0, 0.1) is 0 Å². The summed E-state index contributed by atoms with van der Waals surface area (Å²) in [7, 11) is 0. The number of hydrogen-bond donors (Lipinski definition) is 2. The quantitative estimate of drug-likeness (QED) is 0.752. The van der Waals surface area contributed by atoms with Crippen molar-refractivity contribution in [3.8, 4) is 11.5 Å². The fraction of sp³-hybridized carbons (Fsp3) is 0.250. The molecule has 2 aliphatic heterocycles. The van der Waals surface area contributed by atoms with Crippen molar-refractivity contribution in [1.82, 2.24) is 0 Å². The van der Waals surface area contributed by atoms with E-state index in [0.29, 0.717) is 36.6 Å². The van der Waals surface area contributed by atoms with Crippen molar-refractivity contribution < 1.29 is 24.3 Å². The number of hydrogen-bond acceptors (Lipinski definition) is 4. The van der Waals surface area contributed by atoms with Gasteiger partial charge in [-0.05, 0) is 35.9 Å². The minimum atomic E-state index is -0.154. The van der Waals surface area contributed by atoms with Crippen LogP contribution in [0.5, 0.6) is 11.5 Å². The van der Waals surface area contributed by atoms with Crippen LogP contribution in [-0.2, 0) is 11.3 Å².